The maximum Gasteiger partial charge on any atom is 0.131 e. The molecule has 120 valence electrons. The normalized spacial score (nSPS) is 10.4. The second-order valence-corrected chi connectivity index (χ2v) is 5.64. The van der Waals surface area contributed by atoms with Crippen LogP contribution in [0.3, 0.4) is 0 Å². The summed E-state index contributed by atoms with van der Waals surface area (Å²) in [5.74, 6) is 0.571. The molecule has 3 rings (SSSR count). The third-order valence-electron chi connectivity index (χ3n) is 4.08. The molecule has 0 aliphatic rings. The van der Waals surface area contributed by atoms with Crippen LogP contribution in [0.2, 0.25) is 0 Å². The Morgan fingerprint density at radius 1 is 0.917 bits per heavy atom. The number of ether oxygens (including phenoxy) is 1. The molecule has 3 aromatic carbocycles. The minimum Gasteiger partial charge on any atom is -0.497 e. The van der Waals surface area contributed by atoms with Gasteiger partial charge in [0.15, 0.2) is 0 Å². The van der Waals surface area contributed by atoms with Crippen LogP contribution in [0.15, 0.2) is 79.4 Å². The topological polar surface area (TPSA) is 9.23 Å². The molecule has 0 bridgehead atoms. The lowest BCUT2D eigenvalue weighted by Gasteiger charge is -2.14. The quantitative estimate of drug-likeness (QED) is 0.604. The molecule has 1 nitrogen and oxygen atoms in total. The molecule has 24 heavy (non-hydrogen) atoms. The molecular weight excluding hydrogens is 299 g/mol. The third-order valence-corrected chi connectivity index (χ3v) is 4.08. The van der Waals surface area contributed by atoms with Crippen molar-refractivity contribution in [3.05, 3.63) is 107 Å². The van der Waals surface area contributed by atoms with Crippen LogP contribution in [0, 0.1) is 5.82 Å². The molecular formula is C22H19FO. The summed E-state index contributed by atoms with van der Waals surface area (Å²) in [6.45, 7) is 4.13. The van der Waals surface area contributed by atoms with Gasteiger partial charge in [-0.05, 0) is 46.9 Å². The van der Waals surface area contributed by atoms with E-state index in [4.69, 9.17) is 4.74 Å². The summed E-state index contributed by atoms with van der Waals surface area (Å²) in [6.07, 6.45) is 0.642. The van der Waals surface area contributed by atoms with Gasteiger partial charge in [0.25, 0.3) is 0 Å². The smallest absolute Gasteiger partial charge is 0.131 e. The van der Waals surface area contributed by atoms with Crippen molar-refractivity contribution in [1.29, 1.82) is 0 Å². The number of hydrogen-bond donors (Lipinski definition) is 0. The number of hydrogen-bond acceptors (Lipinski definition) is 1. The van der Waals surface area contributed by atoms with Crippen molar-refractivity contribution in [3.8, 4) is 5.75 Å². The molecule has 0 aliphatic heterocycles. The van der Waals surface area contributed by atoms with Crippen LogP contribution >= 0.6 is 0 Å². The number of rotatable bonds is 5. The molecule has 0 saturated heterocycles. The van der Waals surface area contributed by atoms with Gasteiger partial charge in [-0.25, -0.2) is 4.39 Å². The molecule has 0 fully saturated rings. The fraction of sp³-hybridized carbons (Fsp3) is 0.0909. The van der Waals surface area contributed by atoms with E-state index in [2.05, 4.69) is 6.58 Å². The summed E-state index contributed by atoms with van der Waals surface area (Å²) >= 11 is 0. The second kappa shape index (κ2) is 7.14. The van der Waals surface area contributed by atoms with Crippen molar-refractivity contribution in [2.24, 2.45) is 0 Å². The lowest BCUT2D eigenvalue weighted by molar-refractivity contribution is 0.414. The van der Waals surface area contributed by atoms with Crippen molar-refractivity contribution in [2.45, 2.75) is 6.42 Å². The molecule has 0 spiro atoms. The molecule has 0 unspecified atom stereocenters. The van der Waals surface area contributed by atoms with Gasteiger partial charge in [0.2, 0.25) is 0 Å². The van der Waals surface area contributed by atoms with Gasteiger partial charge in [-0.15, -0.1) is 0 Å². The Balaban J connectivity index is 1.96. The summed E-state index contributed by atoms with van der Waals surface area (Å²) in [6, 6.07) is 22.7. The first kappa shape index (κ1) is 16.0. The SMILES string of the molecule is C=C(c1ccccc1)c1c(F)cccc1Cc1ccc(OC)cc1. The van der Waals surface area contributed by atoms with Crippen LogP contribution < -0.4 is 4.74 Å². The van der Waals surface area contributed by atoms with Crippen LogP contribution in [-0.4, -0.2) is 7.11 Å². The van der Waals surface area contributed by atoms with Crippen molar-refractivity contribution in [1.82, 2.24) is 0 Å². The Bertz CT molecular complexity index is 836. The number of benzene rings is 3. The van der Waals surface area contributed by atoms with Gasteiger partial charge in [-0.1, -0.05) is 61.2 Å². The van der Waals surface area contributed by atoms with Crippen LogP contribution in [-0.2, 0) is 6.42 Å². The van der Waals surface area contributed by atoms with Gasteiger partial charge in [0.05, 0.1) is 7.11 Å². The Morgan fingerprint density at radius 2 is 1.62 bits per heavy atom. The van der Waals surface area contributed by atoms with Crippen LogP contribution in [0.1, 0.15) is 22.3 Å². The first-order valence-electron chi connectivity index (χ1n) is 7.84. The van der Waals surface area contributed by atoms with Crippen molar-refractivity contribution in [3.63, 3.8) is 0 Å². The van der Waals surface area contributed by atoms with E-state index in [0.29, 0.717) is 17.6 Å². The molecule has 0 heterocycles. The highest BCUT2D eigenvalue weighted by atomic mass is 19.1. The van der Waals surface area contributed by atoms with Gasteiger partial charge in [0.1, 0.15) is 11.6 Å². The van der Waals surface area contributed by atoms with E-state index in [0.717, 1.165) is 22.4 Å². The van der Waals surface area contributed by atoms with Crippen LogP contribution in [0.4, 0.5) is 4.39 Å². The summed E-state index contributed by atoms with van der Waals surface area (Å²) in [5.41, 5.74) is 4.24. The van der Waals surface area contributed by atoms with E-state index >= 15 is 0 Å². The second-order valence-electron chi connectivity index (χ2n) is 5.64. The molecule has 0 atom stereocenters. The zero-order chi connectivity index (χ0) is 16.9. The zero-order valence-corrected chi connectivity index (χ0v) is 13.6. The Kier molecular flexibility index (Phi) is 4.76. The highest BCUT2D eigenvalue weighted by Gasteiger charge is 2.13. The van der Waals surface area contributed by atoms with Gasteiger partial charge >= 0.3 is 0 Å². The van der Waals surface area contributed by atoms with Gasteiger partial charge in [0, 0.05) is 5.56 Å². The minimum atomic E-state index is -0.241. The third kappa shape index (κ3) is 3.38. The predicted octanol–water partition coefficient (Wildman–Crippen LogP) is 5.49. The highest BCUT2D eigenvalue weighted by Crippen LogP contribution is 2.29. The van der Waals surface area contributed by atoms with Gasteiger partial charge < -0.3 is 4.74 Å². The Morgan fingerprint density at radius 3 is 2.29 bits per heavy atom. The number of methoxy groups -OCH3 is 1. The fourth-order valence-corrected chi connectivity index (χ4v) is 2.80. The Labute approximate surface area is 142 Å². The van der Waals surface area contributed by atoms with Crippen LogP contribution in [0.25, 0.3) is 5.57 Å². The van der Waals surface area contributed by atoms with E-state index in [1.807, 2.05) is 60.7 Å². The summed E-state index contributed by atoms with van der Waals surface area (Å²) in [5, 5.41) is 0. The summed E-state index contributed by atoms with van der Waals surface area (Å²) in [4.78, 5) is 0. The lowest BCUT2D eigenvalue weighted by Crippen LogP contribution is -1.99. The highest BCUT2D eigenvalue weighted by molar-refractivity contribution is 5.80. The van der Waals surface area contributed by atoms with E-state index in [-0.39, 0.29) is 5.82 Å². The van der Waals surface area contributed by atoms with E-state index < -0.39 is 0 Å². The monoisotopic (exact) mass is 318 g/mol. The van der Waals surface area contributed by atoms with Crippen LogP contribution in [0.5, 0.6) is 5.75 Å². The molecule has 0 radical (unpaired) electrons. The molecule has 0 amide bonds. The maximum atomic E-state index is 14.5. The maximum absolute atomic E-state index is 14.5. The minimum absolute atomic E-state index is 0.241. The molecule has 0 saturated carbocycles. The molecule has 2 heteroatoms. The fourth-order valence-electron chi connectivity index (χ4n) is 2.80. The van der Waals surface area contributed by atoms with Crippen molar-refractivity contribution < 1.29 is 9.13 Å². The van der Waals surface area contributed by atoms with Crippen molar-refractivity contribution >= 4 is 5.57 Å². The van der Waals surface area contributed by atoms with Gasteiger partial charge in [-0.3, -0.25) is 0 Å². The molecule has 0 aromatic heterocycles. The first-order valence-corrected chi connectivity index (χ1v) is 7.84. The summed E-state index contributed by atoms with van der Waals surface area (Å²) in [7, 11) is 1.64. The predicted molar refractivity (Wildman–Crippen MR) is 96.8 cm³/mol. The average molecular weight is 318 g/mol. The standard InChI is InChI=1S/C22H19FO/c1-16(18-7-4-3-5-8-18)22-19(9-6-10-21(22)23)15-17-11-13-20(24-2)14-12-17/h3-14H,1,15H2,2H3. The van der Waals surface area contributed by atoms with Crippen molar-refractivity contribution in [2.75, 3.05) is 7.11 Å². The zero-order valence-electron chi connectivity index (χ0n) is 13.6. The summed E-state index contributed by atoms with van der Waals surface area (Å²) < 4.78 is 19.7. The van der Waals surface area contributed by atoms with E-state index in [1.165, 1.54) is 6.07 Å². The largest absolute Gasteiger partial charge is 0.497 e. The van der Waals surface area contributed by atoms with E-state index in [1.54, 1.807) is 13.2 Å². The lowest BCUT2D eigenvalue weighted by atomic mass is 9.91. The first-order chi connectivity index (χ1) is 11.7. The average Bonchev–Trinajstić information content (AvgIpc) is 2.63. The molecule has 0 aliphatic carbocycles. The molecule has 3 aromatic rings. The Hall–Kier alpha value is -2.87. The molecule has 0 N–H and O–H groups in total. The number of halogens is 1. The van der Waals surface area contributed by atoms with Gasteiger partial charge in [-0.2, -0.15) is 0 Å². The van der Waals surface area contributed by atoms with E-state index in [9.17, 15) is 4.39 Å².